The van der Waals surface area contributed by atoms with Crippen LogP contribution in [0.15, 0.2) is 174 Å². The summed E-state index contributed by atoms with van der Waals surface area (Å²) in [7, 11) is 0. The fourth-order valence-electron chi connectivity index (χ4n) is 7.63. The van der Waals surface area contributed by atoms with Gasteiger partial charge in [-0.2, -0.15) is 0 Å². The molecule has 0 aliphatic heterocycles. The van der Waals surface area contributed by atoms with Gasteiger partial charge in [-0.25, -0.2) is 0 Å². The molecule has 0 saturated carbocycles. The van der Waals surface area contributed by atoms with Crippen molar-refractivity contribution in [2.45, 2.75) is 0 Å². The van der Waals surface area contributed by atoms with E-state index < -0.39 is 0 Å². The minimum atomic E-state index is 0.919. The normalized spacial score (nSPS) is 11.8. The second kappa shape index (κ2) is 10.2. The lowest BCUT2D eigenvalue weighted by Crippen LogP contribution is -1.87. The van der Waals surface area contributed by atoms with Crippen LogP contribution < -0.4 is 0 Å². The lowest BCUT2D eigenvalue weighted by Gasteiger charge is -2.14. The van der Waals surface area contributed by atoms with Crippen LogP contribution in [0.25, 0.3) is 98.4 Å². The van der Waals surface area contributed by atoms with Crippen LogP contribution in [0.3, 0.4) is 0 Å². The summed E-state index contributed by atoms with van der Waals surface area (Å²) in [5.41, 5.74) is 9.14. The largest absolute Gasteiger partial charge is 0.456 e. The molecule has 0 saturated heterocycles. The predicted octanol–water partition coefficient (Wildman–Crippen LogP) is 13.2. The second-order valence-electron chi connectivity index (χ2n) is 12.4. The third kappa shape index (κ3) is 4.03. The van der Waals surface area contributed by atoms with E-state index in [4.69, 9.17) is 4.42 Å². The van der Waals surface area contributed by atoms with Crippen LogP contribution in [0.5, 0.6) is 0 Å². The van der Waals surface area contributed by atoms with Crippen LogP contribution in [0.1, 0.15) is 0 Å². The molecule has 0 unspecified atom stereocenters. The highest BCUT2D eigenvalue weighted by Crippen LogP contribution is 2.42. The molecule has 1 aromatic heterocycles. The summed E-state index contributed by atoms with van der Waals surface area (Å²) in [6, 6.07) is 61.5. The summed E-state index contributed by atoms with van der Waals surface area (Å²) >= 11 is 0. The molecule has 0 N–H and O–H groups in total. The number of furan rings is 1. The molecule has 1 heteroatoms. The molecular formula is C46H28O. The van der Waals surface area contributed by atoms with E-state index in [1.165, 1.54) is 87.2 Å². The minimum Gasteiger partial charge on any atom is -0.456 e. The summed E-state index contributed by atoms with van der Waals surface area (Å²) < 4.78 is 6.34. The highest BCUT2D eigenvalue weighted by atomic mass is 16.3. The van der Waals surface area contributed by atoms with Crippen molar-refractivity contribution in [1.82, 2.24) is 0 Å². The average Bonchev–Trinajstić information content (AvgIpc) is 3.54. The Morgan fingerprint density at radius 2 is 0.872 bits per heavy atom. The van der Waals surface area contributed by atoms with Crippen LogP contribution in [0.4, 0.5) is 0 Å². The van der Waals surface area contributed by atoms with Gasteiger partial charge >= 0.3 is 0 Å². The van der Waals surface area contributed by atoms with Crippen LogP contribution in [-0.2, 0) is 0 Å². The Morgan fingerprint density at radius 3 is 1.64 bits per heavy atom. The highest BCUT2D eigenvalue weighted by Gasteiger charge is 2.16. The molecule has 9 aromatic carbocycles. The van der Waals surface area contributed by atoms with Crippen molar-refractivity contribution in [2.24, 2.45) is 0 Å². The summed E-state index contributed by atoms with van der Waals surface area (Å²) in [5.74, 6) is 0. The molecular weight excluding hydrogens is 569 g/mol. The first-order chi connectivity index (χ1) is 23.3. The van der Waals surface area contributed by atoms with Gasteiger partial charge in [0.15, 0.2) is 0 Å². The first-order valence-corrected chi connectivity index (χ1v) is 16.2. The van der Waals surface area contributed by atoms with E-state index in [1.54, 1.807) is 0 Å². The molecule has 0 aliphatic carbocycles. The fraction of sp³-hybridized carbons (Fsp3) is 0. The summed E-state index contributed by atoms with van der Waals surface area (Å²) in [5, 5.41) is 12.5. The molecule has 1 heterocycles. The van der Waals surface area contributed by atoms with E-state index in [0.717, 1.165) is 11.2 Å². The van der Waals surface area contributed by atoms with E-state index in [0.29, 0.717) is 0 Å². The quantitative estimate of drug-likeness (QED) is 0.146. The van der Waals surface area contributed by atoms with E-state index in [-0.39, 0.29) is 0 Å². The number of hydrogen-bond donors (Lipinski definition) is 0. The van der Waals surface area contributed by atoms with Crippen LogP contribution in [0, 0.1) is 0 Å². The zero-order chi connectivity index (χ0) is 30.9. The van der Waals surface area contributed by atoms with Crippen molar-refractivity contribution in [3.05, 3.63) is 170 Å². The van der Waals surface area contributed by atoms with Gasteiger partial charge in [-0.05, 0) is 94.7 Å². The molecule has 0 bridgehead atoms. The zero-order valence-electron chi connectivity index (χ0n) is 25.6. The van der Waals surface area contributed by atoms with Gasteiger partial charge in [-0.3, -0.25) is 0 Å². The third-order valence-corrected chi connectivity index (χ3v) is 9.86. The van der Waals surface area contributed by atoms with Gasteiger partial charge in [0.2, 0.25) is 0 Å². The molecule has 218 valence electrons. The third-order valence-electron chi connectivity index (χ3n) is 9.86. The predicted molar refractivity (Wildman–Crippen MR) is 200 cm³/mol. The molecule has 10 rings (SSSR count). The van der Waals surface area contributed by atoms with Gasteiger partial charge in [-0.1, -0.05) is 152 Å². The number of fused-ring (bicyclic) bond motifs is 9. The molecule has 0 aliphatic rings. The van der Waals surface area contributed by atoms with Gasteiger partial charge < -0.3 is 4.42 Å². The van der Waals surface area contributed by atoms with Gasteiger partial charge in [0.1, 0.15) is 11.2 Å². The Labute approximate surface area is 271 Å². The van der Waals surface area contributed by atoms with Crippen molar-refractivity contribution in [2.75, 3.05) is 0 Å². The summed E-state index contributed by atoms with van der Waals surface area (Å²) in [6.45, 7) is 0. The van der Waals surface area contributed by atoms with Gasteiger partial charge in [0, 0.05) is 10.8 Å². The SMILES string of the molecule is c1ccc2c(-c3ccc(-c4ccc(-c5cccc6oc7ccc8ccccc8c7c56)cc4)cc3)c3ccc4ccccc4c3cc2c1. The maximum absolute atomic E-state index is 6.34. The topological polar surface area (TPSA) is 13.1 Å². The van der Waals surface area contributed by atoms with Gasteiger partial charge in [0.05, 0.1) is 0 Å². The smallest absolute Gasteiger partial charge is 0.136 e. The van der Waals surface area contributed by atoms with Crippen molar-refractivity contribution < 1.29 is 4.42 Å². The van der Waals surface area contributed by atoms with Crippen molar-refractivity contribution in [3.8, 4) is 33.4 Å². The second-order valence-corrected chi connectivity index (χ2v) is 12.4. The molecule has 0 radical (unpaired) electrons. The maximum atomic E-state index is 6.34. The van der Waals surface area contributed by atoms with Crippen LogP contribution in [-0.4, -0.2) is 0 Å². The minimum absolute atomic E-state index is 0.919. The molecule has 47 heavy (non-hydrogen) atoms. The molecule has 1 nitrogen and oxygen atoms in total. The molecule has 0 amide bonds. The first kappa shape index (κ1) is 26.1. The van der Waals surface area contributed by atoms with Crippen molar-refractivity contribution >= 4 is 65.0 Å². The van der Waals surface area contributed by atoms with E-state index in [2.05, 4.69) is 170 Å². The average molecular weight is 597 g/mol. The summed E-state index contributed by atoms with van der Waals surface area (Å²) in [4.78, 5) is 0. The van der Waals surface area contributed by atoms with Crippen molar-refractivity contribution in [3.63, 3.8) is 0 Å². The van der Waals surface area contributed by atoms with Gasteiger partial charge in [-0.15, -0.1) is 0 Å². The molecule has 0 fully saturated rings. The maximum Gasteiger partial charge on any atom is 0.136 e. The highest BCUT2D eigenvalue weighted by molar-refractivity contribution is 6.23. The number of rotatable bonds is 3. The standard InChI is InChI=1S/C46H28O/c1-4-11-36-31(8-1)24-26-40-41(36)28-35-10-3-6-13-39(35)44(40)34-22-18-30(19-23-34)29-16-20-33(21-17-29)38-14-7-15-42-45(38)46-37-12-5-2-9-32(37)25-27-43(46)47-42/h1-28H. The fourth-order valence-corrected chi connectivity index (χ4v) is 7.63. The number of benzene rings is 9. The molecule has 0 spiro atoms. The molecule has 0 atom stereocenters. The Morgan fingerprint density at radius 1 is 0.298 bits per heavy atom. The van der Waals surface area contributed by atoms with Crippen molar-refractivity contribution in [1.29, 1.82) is 0 Å². The van der Waals surface area contributed by atoms with Crippen LogP contribution >= 0.6 is 0 Å². The Kier molecular flexibility index (Phi) is 5.64. The Hall–Kier alpha value is -6.18. The molecule has 10 aromatic rings. The Bertz CT molecular complexity index is 2820. The zero-order valence-corrected chi connectivity index (χ0v) is 25.6. The first-order valence-electron chi connectivity index (χ1n) is 16.2. The van der Waals surface area contributed by atoms with Crippen LogP contribution in [0.2, 0.25) is 0 Å². The summed E-state index contributed by atoms with van der Waals surface area (Å²) in [6.07, 6.45) is 0. The lowest BCUT2D eigenvalue weighted by atomic mass is 9.89. The van der Waals surface area contributed by atoms with Gasteiger partial charge in [0.25, 0.3) is 0 Å². The Balaban J connectivity index is 1.07. The number of hydrogen-bond acceptors (Lipinski definition) is 1. The van der Waals surface area contributed by atoms with E-state index in [1.807, 2.05) is 0 Å². The van der Waals surface area contributed by atoms with E-state index in [9.17, 15) is 0 Å². The van der Waals surface area contributed by atoms with E-state index >= 15 is 0 Å². The lowest BCUT2D eigenvalue weighted by molar-refractivity contribution is 0.669. The monoisotopic (exact) mass is 596 g/mol.